The van der Waals surface area contributed by atoms with E-state index >= 15 is 0 Å². The third kappa shape index (κ3) is 5.30. The molecule has 0 aromatic heterocycles. The number of nitrogens with one attached hydrogen (secondary N) is 2. The van der Waals surface area contributed by atoms with E-state index in [9.17, 15) is 17.2 Å². The Morgan fingerprint density at radius 2 is 1.66 bits per heavy atom. The molecule has 0 spiro atoms. The number of likely N-dealkylation sites (tertiary alicyclic amines) is 1. The van der Waals surface area contributed by atoms with Gasteiger partial charge in [-0.05, 0) is 91.7 Å². The van der Waals surface area contributed by atoms with Gasteiger partial charge in [-0.25, -0.2) is 8.78 Å². The van der Waals surface area contributed by atoms with E-state index in [1.165, 1.54) is 23.2 Å². The summed E-state index contributed by atoms with van der Waals surface area (Å²) < 4.78 is 59.3. The number of benzene rings is 2. The zero-order valence-corrected chi connectivity index (χ0v) is 21.0. The quantitative estimate of drug-likeness (QED) is 0.451. The Morgan fingerprint density at radius 1 is 1.00 bits per heavy atom. The zero-order chi connectivity index (χ0) is 22.9. The molecule has 2 aliphatic rings. The highest BCUT2D eigenvalue weighted by atomic mass is 127. The molecular weight excluding hydrogens is 573 g/mol. The Kier molecular flexibility index (Phi) is 7.45. The average molecular weight is 597 g/mol. The second-order valence-electron chi connectivity index (χ2n) is 8.01. The predicted molar refractivity (Wildman–Crippen MR) is 132 cm³/mol. The Bertz CT molecular complexity index is 1090. The number of hydrogen-bond acceptors (Lipinski definition) is 4. The third-order valence-electron chi connectivity index (χ3n) is 5.94. The summed E-state index contributed by atoms with van der Waals surface area (Å²) in [6.07, 6.45) is 3.89. The first-order valence-electron chi connectivity index (χ1n) is 10.5. The van der Waals surface area contributed by atoms with Crippen LogP contribution in [0.3, 0.4) is 0 Å². The largest absolute Gasteiger partial charge is 0.350 e. The lowest BCUT2D eigenvalue weighted by atomic mass is 10.1. The van der Waals surface area contributed by atoms with Crippen LogP contribution in [0.4, 0.5) is 25.8 Å². The number of hydrogen-bond donors (Lipinski definition) is 2. The second kappa shape index (κ2) is 9.96. The summed E-state index contributed by atoms with van der Waals surface area (Å²) in [5, 5.41) is 3.05. The molecule has 32 heavy (non-hydrogen) atoms. The van der Waals surface area contributed by atoms with E-state index in [1.807, 2.05) is 0 Å². The maximum absolute atomic E-state index is 14.7. The molecule has 4 rings (SSSR count). The molecule has 0 saturated carbocycles. The van der Waals surface area contributed by atoms with Crippen LogP contribution in [0.5, 0.6) is 0 Å². The summed E-state index contributed by atoms with van der Waals surface area (Å²) in [5.41, 5.74) is -0.0627. The molecule has 2 fully saturated rings. The van der Waals surface area contributed by atoms with E-state index in [-0.39, 0.29) is 11.4 Å². The van der Waals surface area contributed by atoms with E-state index in [4.69, 9.17) is 11.6 Å². The normalized spacial score (nSPS) is 18.8. The van der Waals surface area contributed by atoms with Gasteiger partial charge >= 0.3 is 10.2 Å². The number of halogens is 4. The van der Waals surface area contributed by atoms with Crippen LogP contribution in [-0.4, -0.2) is 49.8 Å². The summed E-state index contributed by atoms with van der Waals surface area (Å²) in [6.45, 7) is 2.90. The molecule has 0 amide bonds. The molecule has 0 radical (unpaired) electrons. The van der Waals surface area contributed by atoms with Crippen LogP contribution >= 0.6 is 34.2 Å². The lowest BCUT2D eigenvalue weighted by Crippen LogP contribution is -2.47. The van der Waals surface area contributed by atoms with Crippen LogP contribution in [0.25, 0.3) is 0 Å². The van der Waals surface area contributed by atoms with E-state index in [0.717, 1.165) is 35.6 Å². The highest BCUT2D eigenvalue weighted by molar-refractivity contribution is 14.1. The van der Waals surface area contributed by atoms with Gasteiger partial charge in [-0.1, -0.05) is 11.6 Å². The van der Waals surface area contributed by atoms with Gasteiger partial charge in [0.05, 0.1) is 16.4 Å². The predicted octanol–water partition coefficient (Wildman–Crippen LogP) is 5.18. The molecule has 0 aliphatic carbocycles. The molecule has 0 atom stereocenters. The van der Waals surface area contributed by atoms with Gasteiger partial charge in [0.1, 0.15) is 5.69 Å². The molecule has 174 valence electrons. The SMILES string of the molecule is O=S(=O)(Nc1ccc(F)c(F)c1Nc1ccc(I)cc1Cl)N1CCC(N2CCCC2)CC1. The molecule has 0 unspecified atom stereocenters. The Balaban J connectivity index is 1.52. The molecule has 2 N–H and O–H groups in total. The maximum atomic E-state index is 14.7. The average Bonchev–Trinajstić information content (AvgIpc) is 3.30. The van der Waals surface area contributed by atoms with Gasteiger partial charge in [0.2, 0.25) is 0 Å². The van der Waals surface area contributed by atoms with Crippen molar-refractivity contribution in [1.82, 2.24) is 9.21 Å². The van der Waals surface area contributed by atoms with Crippen LogP contribution in [0.1, 0.15) is 25.7 Å². The molecule has 2 saturated heterocycles. The number of piperidine rings is 1. The van der Waals surface area contributed by atoms with Gasteiger partial charge in [0.25, 0.3) is 0 Å². The van der Waals surface area contributed by atoms with Gasteiger partial charge in [0.15, 0.2) is 11.6 Å². The smallest absolute Gasteiger partial charge is 0.301 e. The summed E-state index contributed by atoms with van der Waals surface area (Å²) in [4.78, 5) is 2.43. The zero-order valence-electron chi connectivity index (χ0n) is 17.3. The van der Waals surface area contributed by atoms with E-state index in [1.54, 1.807) is 18.2 Å². The molecule has 2 aromatic rings. The van der Waals surface area contributed by atoms with Gasteiger partial charge in [-0.15, -0.1) is 0 Å². The Labute approximate surface area is 205 Å². The highest BCUT2D eigenvalue weighted by Crippen LogP contribution is 2.35. The Hall–Kier alpha value is -1.21. The minimum Gasteiger partial charge on any atom is -0.350 e. The molecule has 6 nitrogen and oxygen atoms in total. The lowest BCUT2D eigenvalue weighted by Gasteiger charge is -2.36. The summed E-state index contributed by atoms with van der Waals surface area (Å²) in [7, 11) is -3.94. The molecule has 2 aliphatic heterocycles. The number of nitrogens with zero attached hydrogens (tertiary/aromatic N) is 2. The van der Waals surface area contributed by atoms with Crippen LogP contribution in [0.15, 0.2) is 30.3 Å². The van der Waals surface area contributed by atoms with Crippen molar-refractivity contribution in [2.45, 2.75) is 31.7 Å². The van der Waals surface area contributed by atoms with E-state index in [0.29, 0.717) is 29.8 Å². The first kappa shape index (κ1) is 23.9. The summed E-state index contributed by atoms with van der Waals surface area (Å²) >= 11 is 8.29. The van der Waals surface area contributed by atoms with Crippen LogP contribution in [0, 0.1) is 15.2 Å². The molecule has 2 aromatic carbocycles. The van der Waals surface area contributed by atoms with E-state index < -0.39 is 21.8 Å². The minimum absolute atomic E-state index is 0.0832. The molecule has 11 heteroatoms. The van der Waals surface area contributed by atoms with Crippen molar-refractivity contribution < 1.29 is 17.2 Å². The minimum atomic E-state index is -3.94. The second-order valence-corrected chi connectivity index (χ2v) is 11.3. The molecule has 0 bridgehead atoms. The molecular formula is C21H24ClF2IN4O2S. The highest BCUT2D eigenvalue weighted by Gasteiger charge is 2.32. The fraction of sp³-hybridized carbons (Fsp3) is 0.429. The van der Waals surface area contributed by atoms with Gasteiger partial charge < -0.3 is 10.2 Å². The van der Waals surface area contributed by atoms with Crippen molar-refractivity contribution in [3.8, 4) is 0 Å². The fourth-order valence-corrected chi connectivity index (χ4v) is 6.41. The van der Waals surface area contributed by atoms with Crippen molar-refractivity contribution in [1.29, 1.82) is 0 Å². The first-order valence-corrected chi connectivity index (χ1v) is 13.4. The maximum Gasteiger partial charge on any atom is 0.301 e. The van der Waals surface area contributed by atoms with Crippen LogP contribution in [-0.2, 0) is 10.2 Å². The van der Waals surface area contributed by atoms with Gasteiger partial charge in [-0.3, -0.25) is 4.72 Å². The van der Waals surface area contributed by atoms with Crippen molar-refractivity contribution in [3.05, 3.63) is 50.6 Å². The van der Waals surface area contributed by atoms with Crippen molar-refractivity contribution in [2.75, 3.05) is 36.2 Å². The van der Waals surface area contributed by atoms with Crippen LogP contribution in [0.2, 0.25) is 5.02 Å². The van der Waals surface area contributed by atoms with Crippen LogP contribution < -0.4 is 10.0 Å². The molecule has 2 heterocycles. The Morgan fingerprint density at radius 3 is 2.31 bits per heavy atom. The topological polar surface area (TPSA) is 64.7 Å². The first-order chi connectivity index (χ1) is 15.2. The van der Waals surface area contributed by atoms with Gasteiger partial charge in [-0.2, -0.15) is 12.7 Å². The fourth-order valence-electron chi connectivity index (χ4n) is 4.24. The van der Waals surface area contributed by atoms with Crippen molar-refractivity contribution in [2.24, 2.45) is 0 Å². The van der Waals surface area contributed by atoms with Crippen molar-refractivity contribution >= 4 is 61.5 Å². The third-order valence-corrected chi connectivity index (χ3v) is 8.45. The van der Waals surface area contributed by atoms with Gasteiger partial charge in [0, 0.05) is 22.7 Å². The monoisotopic (exact) mass is 596 g/mol. The number of anilines is 3. The van der Waals surface area contributed by atoms with E-state index in [2.05, 4.69) is 37.5 Å². The number of rotatable bonds is 6. The summed E-state index contributed by atoms with van der Waals surface area (Å²) in [5.74, 6) is -2.28. The standard InChI is InChI=1S/C21H24ClF2IN4O2S/c22-16-13-14(25)3-5-18(16)26-21-19(6-4-17(23)20(21)24)27-32(30,31)29-11-7-15(8-12-29)28-9-1-2-10-28/h3-6,13,15,26-27H,1-2,7-12H2. The summed E-state index contributed by atoms with van der Waals surface area (Å²) in [6, 6.07) is 7.53. The lowest BCUT2D eigenvalue weighted by molar-refractivity contribution is 0.168. The van der Waals surface area contributed by atoms with Crippen molar-refractivity contribution in [3.63, 3.8) is 0 Å².